The average Bonchev–Trinajstić information content (AvgIpc) is 2.48. The second kappa shape index (κ2) is 9.60. The van der Waals surface area contributed by atoms with Crippen LogP contribution in [0.2, 0.25) is 0 Å². The van der Waals surface area contributed by atoms with Gasteiger partial charge in [-0.05, 0) is 37.6 Å². The van der Waals surface area contributed by atoms with Crippen molar-refractivity contribution in [2.45, 2.75) is 26.7 Å². The van der Waals surface area contributed by atoms with Crippen molar-refractivity contribution in [2.24, 2.45) is 0 Å². The van der Waals surface area contributed by atoms with Crippen molar-refractivity contribution in [3.63, 3.8) is 0 Å². The molecular formula is C14H18O7. The molecule has 0 atom stereocenters. The van der Waals surface area contributed by atoms with E-state index in [0.29, 0.717) is 18.8 Å². The van der Waals surface area contributed by atoms with E-state index in [9.17, 15) is 9.59 Å². The van der Waals surface area contributed by atoms with Gasteiger partial charge in [0.2, 0.25) is 0 Å². The summed E-state index contributed by atoms with van der Waals surface area (Å²) in [7, 11) is 0. The highest BCUT2D eigenvalue weighted by Gasteiger charge is 2.12. The Bertz CT molecular complexity index is 441. The molecule has 21 heavy (non-hydrogen) atoms. The van der Waals surface area contributed by atoms with Crippen molar-refractivity contribution >= 4 is 12.1 Å². The van der Waals surface area contributed by atoms with Gasteiger partial charge in [0.05, 0.1) is 23.8 Å². The van der Waals surface area contributed by atoms with E-state index in [2.05, 4.69) is 19.6 Å². The summed E-state index contributed by atoms with van der Waals surface area (Å²) in [6, 6.07) is 6.21. The molecule has 0 aliphatic rings. The summed E-state index contributed by atoms with van der Waals surface area (Å²) >= 11 is 0. The molecule has 0 heterocycles. The van der Waals surface area contributed by atoms with Gasteiger partial charge in [0.1, 0.15) is 5.75 Å². The topological polar surface area (TPSA) is 80.3 Å². The Morgan fingerprint density at radius 3 is 2.38 bits per heavy atom. The molecule has 0 saturated carbocycles. The number of carbonyl (C=O) groups is 2. The molecule has 7 heteroatoms. The largest absolute Gasteiger partial charge is 0.543 e. The van der Waals surface area contributed by atoms with Crippen molar-refractivity contribution in [3.05, 3.63) is 29.8 Å². The Morgan fingerprint density at radius 1 is 1.05 bits per heavy atom. The molecule has 0 spiro atoms. The van der Waals surface area contributed by atoms with Gasteiger partial charge in [0.15, 0.2) is 0 Å². The van der Waals surface area contributed by atoms with Gasteiger partial charge in [-0.3, -0.25) is 4.89 Å². The maximum absolute atomic E-state index is 11.5. The second-order valence-electron chi connectivity index (χ2n) is 3.93. The summed E-state index contributed by atoms with van der Waals surface area (Å²) in [6.45, 7) is 4.54. The molecule has 0 bridgehead atoms. The molecule has 7 nitrogen and oxygen atoms in total. The highest BCUT2D eigenvalue weighted by Crippen LogP contribution is 2.13. The number of benzene rings is 1. The molecule has 0 unspecified atom stereocenters. The SMILES string of the molecule is CCCCOC(=O)OOOC(=O)c1ccc(OCC)cc1. The molecule has 1 aromatic carbocycles. The van der Waals surface area contributed by atoms with Gasteiger partial charge in [-0.25, -0.2) is 14.5 Å². The summed E-state index contributed by atoms with van der Waals surface area (Å²) in [5.74, 6) is -0.176. The average molecular weight is 298 g/mol. The molecule has 116 valence electrons. The molecule has 0 saturated heterocycles. The summed E-state index contributed by atoms with van der Waals surface area (Å²) in [4.78, 5) is 30.9. The molecular weight excluding hydrogens is 280 g/mol. The predicted molar refractivity (Wildman–Crippen MR) is 71.5 cm³/mol. The number of hydrogen-bond donors (Lipinski definition) is 0. The first-order valence-corrected chi connectivity index (χ1v) is 6.62. The highest BCUT2D eigenvalue weighted by atomic mass is 17.5. The van der Waals surface area contributed by atoms with Gasteiger partial charge in [0, 0.05) is 0 Å². The second-order valence-corrected chi connectivity index (χ2v) is 3.93. The zero-order chi connectivity index (χ0) is 15.5. The third-order valence-corrected chi connectivity index (χ3v) is 2.33. The van der Waals surface area contributed by atoms with Crippen LogP contribution in [0.3, 0.4) is 0 Å². The Labute approximate surface area is 122 Å². The molecule has 0 aliphatic carbocycles. The van der Waals surface area contributed by atoms with Crippen molar-refractivity contribution in [1.82, 2.24) is 0 Å². The fourth-order valence-electron chi connectivity index (χ4n) is 1.30. The van der Waals surface area contributed by atoms with Gasteiger partial charge in [-0.2, -0.15) is 0 Å². The smallest absolute Gasteiger partial charge is 0.494 e. The molecule has 1 aromatic rings. The molecule has 0 aliphatic heterocycles. The lowest BCUT2D eigenvalue weighted by Gasteiger charge is -2.05. The minimum absolute atomic E-state index is 0.214. The van der Waals surface area contributed by atoms with Crippen LogP contribution in [0.25, 0.3) is 0 Å². The molecule has 0 amide bonds. The summed E-state index contributed by atoms with van der Waals surface area (Å²) in [6.07, 6.45) is 0.519. The number of ether oxygens (including phenoxy) is 2. The van der Waals surface area contributed by atoms with E-state index in [-0.39, 0.29) is 12.2 Å². The Morgan fingerprint density at radius 2 is 1.76 bits per heavy atom. The third kappa shape index (κ3) is 6.62. The van der Waals surface area contributed by atoms with Crippen LogP contribution in [-0.4, -0.2) is 25.3 Å². The van der Waals surface area contributed by atoms with Gasteiger partial charge in [-0.15, -0.1) is 0 Å². The highest BCUT2D eigenvalue weighted by molar-refractivity contribution is 5.89. The quantitative estimate of drug-likeness (QED) is 0.316. The van der Waals surface area contributed by atoms with Crippen LogP contribution in [0.15, 0.2) is 24.3 Å². The van der Waals surface area contributed by atoms with Crippen molar-refractivity contribution in [2.75, 3.05) is 13.2 Å². The molecule has 1 rings (SSSR count). The number of rotatable bonds is 8. The lowest BCUT2D eigenvalue weighted by atomic mass is 10.2. The number of carbonyl (C=O) groups excluding carboxylic acids is 2. The first-order valence-electron chi connectivity index (χ1n) is 6.62. The molecule has 0 radical (unpaired) electrons. The first kappa shape index (κ1) is 16.8. The van der Waals surface area contributed by atoms with Crippen LogP contribution in [-0.2, 0) is 19.6 Å². The Kier molecular flexibility index (Phi) is 7.67. The van der Waals surface area contributed by atoms with Gasteiger partial charge in [-0.1, -0.05) is 13.3 Å². The number of hydrogen-bond acceptors (Lipinski definition) is 7. The molecule has 0 N–H and O–H groups in total. The lowest BCUT2D eigenvalue weighted by Crippen LogP contribution is -2.12. The zero-order valence-corrected chi connectivity index (χ0v) is 12.0. The minimum atomic E-state index is -1.07. The fourth-order valence-corrected chi connectivity index (χ4v) is 1.30. The van der Waals surface area contributed by atoms with Crippen LogP contribution in [0.4, 0.5) is 4.79 Å². The van der Waals surface area contributed by atoms with E-state index in [1.807, 2.05) is 13.8 Å². The van der Waals surface area contributed by atoms with Crippen molar-refractivity contribution in [3.8, 4) is 5.75 Å². The molecule has 0 fully saturated rings. The van der Waals surface area contributed by atoms with Crippen LogP contribution >= 0.6 is 0 Å². The summed E-state index contributed by atoms with van der Waals surface area (Å²) in [5.41, 5.74) is 0.224. The van der Waals surface area contributed by atoms with Crippen LogP contribution in [0, 0.1) is 0 Å². The monoisotopic (exact) mass is 298 g/mol. The Hall–Kier alpha value is -2.28. The van der Waals surface area contributed by atoms with E-state index >= 15 is 0 Å². The Balaban J connectivity index is 2.28. The standard InChI is InChI=1S/C14H18O7/c1-3-5-10-18-14(16)20-21-19-13(15)11-6-8-12(9-7-11)17-4-2/h6-9H,3-5,10H2,1-2H3. The normalized spacial score (nSPS) is 9.81. The van der Waals surface area contributed by atoms with E-state index in [4.69, 9.17) is 4.74 Å². The van der Waals surface area contributed by atoms with E-state index in [1.165, 1.54) is 12.1 Å². The maximum atomic E-state index is 11.5. The van der Waals surface area contributed by atoms with E-state index in [0.717, 1.165) is 6.42 Å². The fraction of sp³-hybridized carbons (Fsp3) is 0.429. The maximum Gasteiger partial charge on any atom is 0.543 e. The van der Waals surface area contributed by atoms with Crippen LogP contribution < -0.4 is 4.74 Å². The van der Waals surface area contributed by atoms with Crippen molar-refractivity contribution in [1.29, 1.82) is 0 Å². The minimum Gasteiger partial charge on any atom is -0.494 e. The van der Waals surface area contributed by atoms with Gasteiger partial charge in [0.25, 0.3) is 0 Å². The van der Waals surface area contributed by atoms with Crippen molar-refractivity contribution < 1.29 is 33.9 Å². The zero-order valence-electron chi connectivity index (χ0n) is 12.0. The van der Waals surface area contributed by atoms with E-state index in [1.54, 1.807) is 12.1 Å². The first-order chi connectivity index (χ1) is 10.2. The summed E-state index contributed by atoms with van der Waals surface area (Å²) < 4.78 is 9.85. The summed E-state index contributed by atoms with van der Waals surface area (Å²) in [5, 5.41) is 4.06. The van der Waals surface area contributed by atoms with Gasteiger partial charge < -0.3 is 9.47 Å². The number of unbranched alkanes of at least 4 members (excludes halogenated alkanes) is 1. The van der Waals surface area contributed by atoms with Crippen LogP contribution in [0.5, 0.6) is 5.75 Å². The molecule has 0 aromatic heterocycles. The van der Waals surface area contributed by atoms with E-state index < -0.39 is 12.1 Å². The van der Waals surface area contributed by atoms with Gasteiger partial charge >= 0.3 is 12.1 Å². The third-order valence-electron chi connectivity index (χ3n) is 2.33. The van der Waals surface area contributed by atoms with Crippen LogP contribution in [0.1, 0.15) is 37.0 Å². The lowest BCUT2D eigenvalue weighted by molar-refractivity contribution is -0.452. The predicted octanol–water partition coefficient (Wildman–Crippen LogP) is 3.04.